The molecule has 4 aromatic rings. The highest BCUT2D eigenvalue weighted by molar-refractivity contribution is 6.32. The van der Waals surface area contributed by atoms with Crippen LogP contribution in [0.4, 0.5) is 0 Å². The molecule has 1 aliphatic carbocycles. The standard InChI is InChI=1S/C34H35ClN4O4/c1-19-14-25(15-20(2)32(19)35)43-13-7-10-27-26-8-6-9-28(31-21(3)38-39(5)22(31)4)29(26)17-30(27)33(40)37-18-24-16-23(34(41)42)11-12-36-24/h6,8-9,11-12,14-16H,7,10,13,17-18H2,1-5H3,(H,37,40)(H,41,42). The van der Waals surface area contributed by atoms with Crippen LogP contribution in [-0.2, 0) is 24.8 Å². The van der Waals surface area contributed by atoms with Crippen LogP contribution in [0.15, 0.2) is 54.2 Å². The van der Waals surface area contributed by atoms with Gasteiger partial charge in [-0.1, -0.05) is 29.8 Å². The Morgan fingerprint density at radius 3 is 2.47 bits per heavy atom. The number of carboxylic acids is 1. The second-order valence-corrected chi connectivity index (χ2v) is 11.4. The average molecular weight is 599 g/mol. The highest BCUT2D eigenvalue weighted by Crippen LogP contribution is 2.42. The van der Waals surface area contributed by atoms with Gasteiger partial charge in [-0.25, -0.2) is 4.79 Å². The number of rotatable bonds is 10. The van der Waals surface area contributed by atoms with Crippen LogP contribution in [0.1, 0.15) is 62.5 Å². The monoisotopic (exact) mass is 598 g/mol. The van der Waals surface area contributed by atoms with E-state index in [9.17, 15) is 14.7 Å². The summed E-state index contributed by atoms with van der Waals surface area (Å²) in [5.74, 6) is -0.450. The van der Waals surface area contributed by atoms with Crippen molar-refractivity contribution in [2.45, 2.75) is 53.5 Å². The normalized spacial score (nSPS) is 12.4. The number of benzene rings is 2. The fourth-order valence-corrected chi connectivity index (χ4v) is 5.93. The van der Waals surface area contributed by atoms with Crippen molar-refractivity contribution < 1.29 is 19.4 Å². The Morgan fingerprint density at radius 2 is 1.79 bits per heavy atom. The Bertz CT molecular complexity index is 1750. The molecule has 8 nitrogen and oxygen atoms in total. The zero-order valence-corrected chi connectivity index (χ0v) is 25.8. The molecule has 43 heavy (non-hydrogen) atoms. The lowest BCUT2D eigenvalue weighted by molar-refractivity contribution is -0.117. The molecule has 0 atom stereocenters. The number of fused-ring (bicyclic) bond motifs is 1. The number of aryl methyl sites for hydroxylation is 4. The van der Waals surface area contributed by atoms with Crippen LogP contribution in [0.5, 0.6) is 5.75 Å². The second kappa shape index (κ2) is 12.4. The van der Waals surface area contributed by atoms with E-state index in [-0.39, 0.29) is 18.0 Å². The van der Waals surface area contributed by atoms with Crippen LogP contribution >= 0.6 is 11.6 Å². The van der Waals surface area contributed by atoms with E-state index in [1.54, 1.807) is 0 Å². The zero-order valence-electron chi connectivity index (χ0n) is 25.0. The number of pyridine rings is 1. The highest BCUT2D eigenvalue weighted by atomic mass is 35.5. The van der Waals surface area contributed by atoms with Gasteiger partial charge in [-0.3, -0.25) is 14.5 Å². The van der Waals surface area contributed by atoms with Gasteiger partial charge in [0.15, 0.2) is 0 Å². The van der Waals surface area contributed by atoms with E-state index in [1.807, 2.05) is 50.7 Å². The van der Waals surface area contributed by atoms with E-state index in [0.717, 1.165) is 61.1 Å². The molecule has 2 heterocycles. The van der Waals surface area contributed by atoms with E-state index >= 15 is 0 Å². The lowest BCUT2D eigenvalue weighted by atomic mass is 9.93. The third-order valence-electron chi connectivity index (χ3n) is 8.01. The summed E-state index contributed by atoms with van der Waals surface area (Å²) in [6, 6.07) is 13.0. The summed E-state index contributed by atoms with van der Waals surface area (Å²) in [5.41, 5.74) is 10.6. The molecule has 0 saturated carbocycles. The number of hydrogen-bond donors (Lipinski definition) is 2. The first-order chi connectivity index (χ1) is 20.5. The van der Waals surface area contributed by atoms with Crippen molar-refractivity contribution in [1.82, 2.24) is 20.1 Å². The number of ether oxygens (including phenoxy) is 1. The molecule has 0 aliphatic heterocycles. The van der Waals surface area contributed by atoms with Gasteiger partial charge in [0.25, 0.3) is 0 Å². The van der Waals surface area contributed by atoms with Gasteiger partial charge in [0.2, 0.25) is 5.91 Å². The number of halogens is 1. The number of nitrogens with one attached hydrogen (secondary N) is 1. The molecule has 2 N–H and O–H groups in total. The van der Waals surface area contributed by atoms with Crippen molar-refractivity contribution in [3.8, 4) is 16.9 Å². The Labute approximate surface area is 256 Å². The molecule has 0 unspecified atom stereocenters. The minimum Gasteiger partial charge on any atom is -0.494 e. The lowest BCUT2D eigenvalue weighted by Gasteiger charge is -2.13. The van der Waals surface area contributed by atoms with Crippen molar-refractivity contribution in [1.29, 1.82) is 0 Å². The van der Waals surface area contributed by atoms with Gasteiger partial charge in [0, 0.05) is 41.5 Å². The fraction of sp³-hybridized carbons (Fsp3) is 0.294. The van der Waals surface area contributed by atoms with Crippen LogP contribution in [0.25, 0.3) is 16.7 Å². The van der Waals surface area contributed by atoms with Gasteiger partial charge in [-0.2, -0.15) is 5.10 Å². The van der Waals surface area contributed by atoms with Crippen molar-refractivity contribution >= 4 is 29.1 Å². The number of nitrogens with zero attached hydrogens (tertiary/aromatic N) is 3. The van der Waals surface area contributed by atoms with E-state index in [1.165, 1.54) is 18.3 Å². The Morgan fingerprint density at radius 1 is 1.07 bits per heavy atom. The molecule has 0 radical (unpaired) electrons. The molecule has 0 bridgehead atoms. The number of carbonyl (C=O) groups is 2. The van der Waals surface area contributed by atoms with Crippen LogP contribution in [0.3, 0.4) is 0 Å². The minimum absolute atomic E-state index is 0.124. The third kappa shape index (κ3) is 6.20. The number of allylic oxidation sites excluding steroid dienone is 1. The number of aromatic carboxylic acids is 1. The summed E-state index contributed by atoms with van der Waals surface area (Å²) in [7, 11) is 1.94. The molecular weight excluding hydrogens is 564 g/mol. The van der Waals surface area contributed by atoms with Gasteiger partial charge < -0.3 is 15.2 Å². The molecule has 9 heteroatoms. The van der Waals surface area contributed by atoms with E-state index in [4.69, 9.17) is 16.3 Å². The maximum absolute atomic E-state index is 13.7. The largest absolute Gasteiger partial charge is 0.494 e. The average Bonchev–Trinajstić information content (AvgIpc) is 3.48. The van der Waals surface area contributed by atoms with Crippen LogP contribution < -0.4 is 10.1 Å². The van der Waals surface area contributed by atoms with Crippen LogP contribution in [0.2, 0.25) is 5.02 Å². The molecule has 0 fully saturated rings. The van der Waals surface area contributed by atoms with Crippen LogP contribution in [-0.4, -0.2) is 38.4 Å². The first kappa shape index (κ1) is 30.0. The first-order valence-corrected chi connectivity index (χ1v) is 14.6. The summed E-state index contributed by atoms with van der Waals surface area (Å²) < 4.78 is 7.97. The molecule has 222 valence electrons. The summed E-state index contributed by atoms with van der Waals surface area (Å²) in [6.45, 7) is 8.60. The summed E-state index contributed by atoms with van der Waals surface area (Å²) in [4.78, 5) is 29.3. The van der Waals surface area contributed by atoms with E-state index in [2.05, 4.69) is 34.5 Å². The van der Waals surface area contributed by atoms with Gasteiger partial charge in [-0.05, 0) is 98.2 Å². The predicted octanol–water partition coefficient (Wildman–Crippen LogP) is 6.55. The molecular formula is C34H35ClN4O4. The lowest BCUT2D eigenvalue weighted by Crippen LogP contribution is -2.25. The van der Waals surface area contributed by atoms with Gasteiger partial charge >= 0.3 is 5.97 Å². The molecule has 2 aromatic carbocycles. The van der Waals surface area contributed by atoms with Crippen LogP contribution in [0, 0.1) is 27.7 Å². The quantitative estimate of drug-likeness (QED) is 0.200. The van der Waals surface area contributed by atoms with Crippen molar-refractivity contribution in [2.24, 2.45) is 7.05 Å². The SMILES string of the molecule is Cc1cc(OCCCC2=C(C(=O)NCc3cc(C(=O)O)ccn3)Cc3c2cccc3-c2c(C)nn(C)c2C)cc(C)c1Cl. The maximum Gasteiger partial charge on any atom is 0.335 e. The number of aromatic nitrogens is 3. The van der Waals surface area contributed by atoms with Crippen molar-refractivity contribution in [3.05, 3.63) is 104 Å². The predicted molar refractivity (Wildman–Crippen MR) is 167 cm³/mol. The van der Waals surface area contributed by atoms with E-state index in [0.29, 0.717) is 37.1 Å². The Hall–Kier alpha value is -4.43. The number of amides is 1. The Kier molecular flexibility index (Phi) is 8.69. The molecule has 1 amide bonds. The smallest absolute Gasteiger partial charge is 0.335 e. The molecule has 5 rings (SSSR count). The first-order valence-electron chi connectivity index (χ1n) is 14.3. The summed E-state index contributed by atoms with van der Waals surface area (Å²) in [6.07, 6.45) is 3.29. The highest BCUT2D eigenvalue weighted by Gasteiger charge is 2.29. The van der Waals surface area contributed by atoms with Gasteiger partial charge in [0.1, 0.15) is 5.75 Å². The molecule has 0 spiro atoms. The zero-order chi connectivity index (χ0) is 30.8. The number of hydrogen-bond acceptors (Lipinski definition) is 5. The fourth-order valence-electron chi connectivity index (χ4n) is 5.82. The number of carboxylic acid groups (broad SMARTS) is 1. The molecule has 0 saturated heterocycles. The third-order valence-corrected chi connectivity index (χ3v) is 8.61. The second-order valence-electron chi connectivity index (χ2n) is 11.0. The van der Waals surface area contributed by atoms with Crippen molar-refractivity contribution in [2.75, 3.05) is 6.61 Å². The molecule has 1 aliphatic rings. The van der Waals surface area contributed by atoms with Gasteiger partial charge in [-0.15, -0.1) is 0 Å². The summed E-state index contributed by atoms with van der Waals surface area (Å²) >= 11 is 6.32. The Balaban J connectivity index is 1.41. The van der Waals surface area contributed by atoms with Gasteiger partial charge in [0.05, 0.1) is 30.1 Å². The topological polar surface area (TPSA) is 106 Å². The number of carbonyl (C=O) groups excluding carboxylic acids is 1. The minimum atomic E-state index is -1.04. The maximum atomic E-state index is 13.7. The molecule has 2 aromatic heterocycles. The van der Waals surface area contributed by atoms with Crippen molar-refractivity contribution in [3.63, 3.8) is 0 Å². The summed E-state index contributed by atoms with van der Waals surface area (Å²) in [5, 5.41) is 17.7. The van der Waals surface area contributed by atoms with E-state index < -0.39 is 5.97 Å².